The second kappa shape index (κ2) is 4.75. The van der Waals surface area contributed by atoms with E-state index in [1.165, 1.54) is 4.98 Å². The zero-order chi connectivity index (χ0) is 14.1. The van der Waals surface area contributed by atoms with E-state index >= 15 is 0 Å². The zero-order valence-electron chi connectivity index (χ0n) is 8.52. The first-order valence-corrected chi connectivity index (χ1v) is 4.46. The zero-order valence-corrected chi connectivity index (χ0v) is 8.52. The molecule has 1 heterocycles. The van der Waals surface area contributed by atoms with Crippen molar-refractivity contribution in [1.82, 2.24) is 4.98 Å². The molecule has 0 saturated heterocycles. The lowest BCUT2D eigenvalue weighted by molar-refractivity contribution is -0.141. The molecular weight excluding hydrogens is 265 g/mol. The summed E-state index contributed by atoms with van der Waals surface area (Å²) >= 11 is 0. The molecule has 0 radical (unpaired) electrons. The standard InChI is InChI=1S/C9H6F5NO3/c10-8(11)7-3(1-6(17)18)4(16)2-5(15-7)9(12,13)14/h2,8H,1H2,(H,15,16)(H,17,18). The third-order valence-electron chi connectivity index (χ3n) is 2.02. The van der Waals surface area contributed by atoms with Crippen molar-refractivity contribution in [2.75, 3.05) is 0 Å². The van der Waals surface area contributed by atoms with Gasteiger partial charge in [-0.25, -0.2) is 8.78 Å². The highest BCUT2D eigenvalue weighted by Gasteiger charge is 2.34. The summed E-state index contributed by atoms with van der Waals surface area (Å²) in [6.45, 7) is 0. The summed E-state index contributed by atoms with van der Waals surface area (Å²) in [4.78, 5) is 22.9. The second-order valence-corrected chi connectivity index (χ2v) is 3.31. The quantitative estimate of drug-likeness (QED) is 0.825. The van der Waals surface area contributed by atoms with Gasteiger partial charge in [-0.15, -0.1) is 0 Å². The molecule has 0 saturated carbocycles. The van der Waals surface area contributed by atoms with Crippen LogP contribution in [0.25, 0.3) is 0 Å². The molecule has 1 aromatic rings. The van der Waals surface area contributed by atoms with E-state index in [4.69, 9.17) is 5.11 Å². The number of nitrogens with one attached hydrogen (secondary N) is 1. The van der Waals surface area contributed by atoms with Gasteiger partial charge in [0.2, 0.25) is 0 Å². The molecule has 0 aliphatic heterocycles. The monoisotopic (exact) mass is 271 g/mol. The van der Waals surface area contributed by atoms with Crippen LogP contribution in [0.5, 0.6) is 0 Å². The van der Waals surface area contributed by atoms with Crippen LogP contribution in [0.2, 0.25) is 0 Å². The Balaban J connectivity index is 3.46. The Bertz CT molecular complexity index is 520. The fourth-order valence-electron chi connectivity index (χ4n) is 1.28. The maximum Gasteiger partial charge on any atom is 0.431 e. The van der Waals surface area contributed by atoms with Gasteiger partial charge in [0, 0.05) is 11.6 Å². The minimum Gasteiger partial charge on any atom is -0.481 e. The van der Waals surface area contributed by atoms with Gasteiger partial charge in [0.15, 0.2) is 5.43 Å². The summed E-state index contributed by atoms with van der Waals surface area (Å²) in [5.41, 5.74) is -5.24. The normalized spacial score (nSPS) is 11.9. The molecule has 0 bridgehead atoms. The predicted octanol–water partition coefficient (Wildman–Crippen LogP) is 1.96. The van der Waals surface area contributed by atoms with E-state index in [1.54, 1.807) is 0 Å². The second-order valence-electron chi connectivity index (χ2n) is 3.31. The van der Waals surface area contributed by atoms with Gasteiger partial charge in [-0.1, -0.05) is 0 Å². The van der Waals surface area contributed by atoms with Gasteiger partial charge in [-0.2, -0.15) is 13.2 Å². The molecule has 9 heteroatoms. The lowest BCUT2D eigenvalue weighted by Crippen LogP contribution is -2.22. The maximum atomic E-state index is 12.5. The summed E-state index contributed by atoms with van der Waals surface area (Å²) in [7, 11) is 0. The lowest BCUT2D eigenvalue weighted by Gasteiger charge is -2.11. The van der Waals surface area contributed by atoms with Gasteiger partial charge in [0.05, 0.1) is 12.1 Å². The first-order chi connectivity index (χ1) is 8.12. The largest absolute Gasteiger partial charge is 0.481 e. The number of carboxylic acids is 1. The molecule has 100 valence electrons. The molecule has 0 spiro atoms. The molecule has 1 rings (SSSR count). The highest BCUT2D eigenvalue weighted by molar-refractivity contribution is 5.70. The van der Waals surface area contributed by atoms with Crippen LogP contribution in [0.3, 0.4) is 0 Å². The summed E-state index contributed by atoms with van der Waals surface area (Å²) in [6, 6.07) is 0.0597. The Hall–Kier alpha value is -1.93. The number of rotatable bonds is 3. The van der Waals surface area contributed by atoms with Crippen LogP contribution in [-0.4, -0.2) is 16.1 Å². The fraction of sp³-hybridized carbons (Fsp3) is 0.333. The van der Waals surface area contributed by atoms with Gasteiger partial charge in [-0.3, -0.25) is 9.59 Å². The number of pyridine rings is 1. The number of aromatic amines is 1. The van der Waals surface area contributed by atoms with Crippen LogP contribution >= 0.6 is 0 Å². The molecule has 1 aromatic heterocycles. The number of H-pyrrole nitrogens is 1. The van der Waals surface area contributed by atoms with Gasteiger partial charge in [-0.05, 0) is 0 Å². The molecule has 0 amide bonds. The molecule has 0 atom stereocenters. The SMILES string of the molecule is O=C(O)Cc1c(C(F)F)[nH]c(C(F)(F)F)cc1=O. The number of aromatic nitrogens is 1. The Morgan fingerprint density at radius 3 is 2.33 bits per heavy atom. The average molecular weight is 271 g/mol. The van der Waals surface area contributed by atoms with Crippen molar-refractivity contribution in [1.29, 1.82) is 0 Å². The summed E-state index contributed by atoms with van der Waals surface area (Å²) in [5, 5.41) is 8.41. The van der Waals surface area contributed by atoms with Crippen molar-refractivity contribution in [2.45, 2.75) is 19.0 Å². The van der Waals surface area contributed by atoms with Gasteiger partial charge in [0.1, 0.15) is 5.69 Å². The minimum atomic E-state index is -5.00. The summed E-state index contributed by atoms with van der Waals surface area (Å²) in [5.74, 6) is -1.60. The van der Waals surface area contributed by atoms with E-state index in [2.05, 4.69) is 0 Å². The summed E-state index contributed by atoms with van der Waals surface area (Å²) < 4.78 is 61.8. The van der Waals surface area contributed by atoms with Crippen LogP contribution in [0.15, 0.2) is 10.9 Å². The van der Waals surface area contributed by atoms with Crippen LogP contribution in [-0.2, 0) is 17.4 Å². The van der Waals surface area contributed by atoms with Crippen LogP contribution in [0.1, 0.15) is 23.4 Å². The van der Waals surface area contributed by atoms with E-state index in [0.29, 0.717) is 0 Å². The molecule has 0 aliphatic carbocycles. The van der Waals surface area contributed by atoms with Gasteiger partial charge >= 0.3 is 12.1 Å². The number of aliphatic carboxylic acids is 1. The first kappa shape index (κ1) is 14.1. The highest BCUT2D eigenvalue weighted by atomic mass is 19.4. The number of halogens is 5. The Morgan fingerprint density at radius 1 is 1.39 bits per heavy atom. The molecular formula is C9H6F5NO3. The molecule has 0 aromatic carbocycles. The maximum absolute atomic E-state index is 12.5. The Labute approximate surface area is 96.1 Å². The molecule has 0 fully saturated rings. The third-order valence-corrected chi connectivity index (χ3v) is 2.02. The Kier molecular flexibility index (Phi) is 3.73. The molecule has 2 N–H and O–H groups in total. The number of hydrogen-bond acceptors (Lipinski definition) is 2. The van der Waals surface area contributed by atoms with Crippen LogP contribution in [0.4, 0.5) is 22.0 Å². The van der Waals surface area contributed by atoms with Crippen molar-refractivity contribution >= 4 is 5.97 Å². The van der Waals surface area contributed by atoms with Crippen LogP contribution in [0, 0.1) is 0 Å². The van der Waals surface area contributed by atoms with Gasteiger partial charge < -0.3 is 10.1 Å². The van der Waals surface area contributed by atoms with Crippen molar-refractivity contribution in [3.63, 3.8) is 0 Å². The number of carboxylic acid groups (broad SMARTS) is 1. The number of hydrogen-bond donors (Lipinski definition) is 2. The lowest BCUT2D eigenvalue weighted by atomic mass is 10.1. The van der Waals surface area contributed by atoms with Crippen molar-refractivity contribution < 1.29 is 31.9 Å². The molecule has 18 heavy (non-hydrogen) atoms. The summed E-state index contributed by atoms with van der Waals surface area (Å²) in [6.07, 6.45) is -9.48. The first-order valence-electron chi connectivity index (χ1n) is 4.46. The predicted molar refractivity (Wildman–Crippen MR) is 48.4 cm³/mol. The molecule has 4 nitrogen and oxygen atoms in total. The average Bonchev–Trinajstić information content (AvgIpc) is 2.17. The third kappa shape index (κ3) is 3.05. The van der Waals surface area contributed by atoms with E-state index in [9.17, 15) is 31.5 Å². The number of carbonyl (C=O) groups is 1. The van der Waals surface area contributed by atoms with E-state index in [1.807, 2.05) is 0 Å². The van der Waals surface area contributed by atoms with E-state index in [0.717, 1.165) is 0 Å². The van der Waals surface area contributed by atoms with E-state index in [-0.39, 0.29) is 6.07 Å². The van der Waals surface area contributed by atoms with E-state index < -0.39 is 47.4 Å². The van der Waals surface area contributed by atoms with Crippen molar-refractivity contribution in [2.24, 2.45) is 0 Å². The van der Waals surface area contributed by atoms with Crippen molar-refractivity contribution in [3.05, 3.63) is 33.2 Å². The molecule has 0 unspecified atom stereocenters. The van der Waals surface area contributed by atoms with Gasteiger partial charge in [0.25, 0.3) is 6.43 Å². The highest BCUT2D eigenvalue weighted by Crippen LogP contribution is 2.29. The number of alkyl halides is 5. The topological polar surface area (TPSA) is 70.2 Å². The fourth-order valence-corrected chi connectivity index (χ4v) is 1.28. The molecule has 0 aliphatic rings. The van der Waals surface area contributed by atoms with Crippen molar-refractivity contribution in [3.8, 4) is 0 Å². The Morgan fingerprint density at radius 2 is 1.94 bits per heavy atom. The smallest absolute Gasteiger partial charge is 0.431 e. The van der Waals surface area contributed by atoms with Crippen LogP contribution < -0.4 is 5.43 Å². The minimum absolute atomic E-state index is 0.0597.